The summed E-state index contributed by atoms with van der Waals surface area (Å²) in [4.78, 5) is 30.3. The Morgan fingerprint density at radius 2 is 1.86 bits per heavy atom. The minimum absolute atomic E-state index is 0. The van der Waals surface area contributed by atoms with Gasteiger partial charge in [0.1, 0.15) is 0 Å². The fourth-order valence-electron chi connectivity index (χ4n) is 5.01. The zero-order valence-corrected chi connectivity index (χ0v) is 24.9. The Morgan fingerprint density at radius 1 is 1.19 bits per heavy atom. The molecule has 7 nitrogen and oxygen atoms in total. The second-order valence-corrected chi connectivity index (χ2v) is 10.3. The van der Waals surface area contributed by atoms with Gasteiger partial charge in [-0.25, -0.2) is 0 Å². The third-order valence-corrected chi connectivity index (χ3v) is 7.10. The van der Waals surface area contributed by atoms with Crippen molar-refractivity contribution in [3.63, 3.8) is 0 Å². The zero-order valence-electron chi connectivity index (χ0n) is 21.7. The molecular formula is C25H43Cl4N5O2. The van der Waals surface area contributed by atoms with Crippen LogP contribution in [0.25, 0.3) is 0 Å². The Kier molecular flexibility index (Phi) is 16.5. The lowest BCUT2D eigenvalue weighted by atomic mass is 10.0. The minimum atomic E-state index is -0.323. The number of hydrogen-bond acceptors (Lipinski definition) is 5. The Hall–Kier alpha value is -0.800. The second-order valence-electron chi connectivity index (χ2n) is 9.90. The van der Waals surface area contributed by atoms with Gasteiger partial charge in [0.05, 0.1) is 12.1 Å². The van der Waals surface area contributed by atoms with Crippen LogP contribution in [-0.2, 0) is 16.0 Å². The van der Waals surface area contributed by atoms with E-state index in [0.29, 0.717) is 29.8 Å². The molecule has 36 heavy (non-hydrogen) atoms. The van der Waals surface area contributed by atoms with E-state index in [1.165, 1.54) is 6.42 Å². The molecular weight excluding hydrogens is 544 g/mol. The molecule has 3 rings (SSSR count). The summed E-state index contributed by atoms with van der Waals surface area (Å²) in [5.41, 5.74) is 1.08. The van der Waals surface area contributed by atoms with Gasteiger partial charge in [-0.15, -0.1) is 37.2 Å². The Morgan fingerprint density at radius 3 is 2.42 bits per heavy atom. The van der Waals surface area contributed by atoms with Crippen molar-refractivity contribution in [2.75, 3.05) is 40.3 Å². The third kappa shape index (κ3) is 9.82. The summed E-state index contributed by atoms with van der Waals surface area (Å²) in [5.74, 6) is 0.562. The summed E-state index contributed by atoms with van der Waals surface area (Å²) >= 11 is 6.06. The first-order valence-corrected chi connectivity index (χ1v) is 12.6. The lowest BCUT2D eigenvalue weighted by molar-refractivity contribution is -0.134. The molecule has 2 aliphatic rings. The molecule has 1 aromatic carbocycles. The maximum absolute atomic E-state index is 13.7. The van der Waals surface area contributed by atoms with Crippen molar-refractivity contribution in [3.8, 4) is 0 Å². The van der Waals surface area contributed by atoms with Crippen molar-refractivity contribution in [1.82, 2.24) is 25.8 Å². The van der Waals surface area contributed by atoms with E-state index in [1.807, 2.05) is 36.2 Å². The fraction of sp³-hybridized carbons (Fsp3) is 0.680. The van der Waals surface area contributed by atoms with Gasteiger partial charge in [-0.3, -0.25) is 14.5 Å². The Bertz CT molecular complexity index is 793. The number of likely N-dealkylation sites (tertiary alicyclic amines) is 1. The van der Waals surface area contributed by atoms with E-state index in [0.717, 1.165) is 38.2 Å². The van der Waals surface area contributed by atoms with Gasteiger partial charge in [-0.05, 0) is 55.8 Å². The van der Waals surface area contributed by atoms with Crippen LogP contribution in [0, 0.1) is 5.92 Å². The molecule has 208 valence electrons. The standard InChI is InChI=1S/C25H40ClN5O2.3ClH/c1-17(2)15-31-16-21(13-23(31)24(32)27-3)30(4)25(33)22(29-14-20-6-5-11-28-20)12-18-7-9-19(26)10-8-18;;;/h7-10,17,20-23,28-29H,5-6,11-16H2,1-4H3,(H,27,32);3*1H/t20-,21+,22-,23+;;;/m1.../s1. The van der Waals surface area contributed by atoms with Crippen LogP contribution < -0.4 is 16.0 Å². The first-order valence-electron chi connectivity index (χ1n) is 12.2. The fourth-order valence-corrected chi connectivity index (χ4v) is 5.14. The van der Waals surface area contributed by atoms with Crippen LogP contribution in [0.4, 0.5) is 0 Å². The van der Waals surface area contributed by atoms with Gasteiger partial charge in [-0.2, -0.15) is 0 Å². The largest absolute Gasteiger partial charge is 0.358 e. The van der Waals surface area contributed by atoms with E-state index in [-0.39, 0.29) is 67.2 Å². The van der Waals surface area contributed by atoms with E-state index in [1.54, 1.807) is 7.05 Å². The Balaban J connectivity index is 0.00000408. The van der Waals surface area contributed by atoms with Crippen LogP contribution in [0.15, 0.2) is 24.3 Å². The van der Waals surface area contributed by atoms with Crippen molar-refractivity contribution >= 4 is 60.6 Å². The van der Waals surface area contributed by atoms with Crippen LogP contribution in [0.1, 0.15) is 38.7 Å². The number of benzene rings is 1. The van der Waals surface area contributed by atoms with Crippen LogP contribution in [0.3, 0.4) is 0 Å². The number of nitrogens with one attached hydrogen (secondary N) is 3. The monoisotopic (exact) mass is 585 g/mol. The topological polar surface area (TPSA) is 76.7 Å². The number of carbonyl (C=O) groups excluding carboxylic acids is 2. The molecule has 0 radical (unpaired) electrons. The highest BCUT2D eigenvalue weighted by molar-refractivity contribution is 6.30. The maximum Gasteiger partial charge on any atom is 0.240 e. The number of nitrogens with zero attached hydrogens (tertiary/aromatic N) is 2. The highest BCUT2D eigenvalue weighted by atomic mass is 35.5. The van der Waals surface area contributed by atoms with Gasteiger partial charge in [0.2, 0.25) is 11.8 Å². The molecule has 0 spiro atoms. The predicted octanol–water partition coefficient (Wildman–Crippen LogP) is 3.16. The first-order chi connectivity index (χ1) is 15.8. The molecule has 1 aromatic rings. The molecule has 2 aliphatic heterocycles. The highest BCUT2D eigenvalue weighted by Crippen LogP contribution is 2.24. The van der Waals surface area contributed by atoms with Crippen molar-refractivity contribution in [2.24, 2.45) is 5.92 Å². The molecule has 2 heterocycles. The summed E-state index contributed by atoms with van der Waals surface area (Å²) in [6, 6.07) is 7.61. The lowest BCUT2D eigenvalue weighted by Crippen LogP contribution is -2.52. The molecule has 2 amide bonds. The van der Waals surface area contributed by atoms with Gasteiger partial charge in [0.15, 0.2) is 0 Å². The molecule has 0 aliphatic carbocycles. The molecule has 3 N–H and O–H groups in total. The lowest BCUT2D eigenvalue weighted by Gasteiger charge is -2.30. The first kappa shape index (κ1) is 35.2. The minimum Gasteiger partial charge on any atom is -0.358 e. The summed E-state index contributed by atoms with van der Waals surface area (Å²) in [5, 5.41) is 10.5. The van der Waals surface area contributed by atoms with Gasteiger partial charge >= 0.3 is 0 Å². The molecule has 0 saturated carbocycles. The summed E-state index contributed by atoms with van der Waals surface area (Å²) in [7, 11) is 3.57. The molecule has 2 fully saturated rings. The molecule has 0 aromatic heterocycles. The van der Waals surface area contributed by atoms with Gasteiger partial charge in [0.25, 0.3) is 0 Å². The highest BCUT2D eigenvalue weighted by Gasteiger charge is 2.40. The zero-order chi connectivity index (χ0) is 24.0. The molecule has 0 unspecified atom stereocenters. The van der Waals surface area contributed by atoms with Crippen LogP contribution in [0.2, 0.25) is 5.02 Å². The molecule has 0 bridgehead atoms. The second kappa shape index (κ2) is 16.9. The number of halogens is 4. The average molecular weight is 587 g/mol. The summed E-state index contributed by atoms with van der Waals surface area (Å²) in [6.07, 6.45) is 3.57. The summed E-state index contributed by atoms with van der Waals surface area (Å²) in [6.45, 7) is 7.69. The van der Waals surface area contributed by atoms with Crippen LogP contribution >= 0.6 is 48.8 Å². The van der Waals surface area contributed by atoms with Gasteiger partial charge in [-0.1, -0.05) is 37.6 Å². The van der Waals surface area contributed by atoms with Crippen LogP contribution in [0.5, 0.6) is 0 Å². The normalized spacial score (nSPS) is 22.2. The molecule has 11 heteroatoms. The number of likely N-dealkylation sites (N-methyl/N-ethyl adjacent to an activating group) is 2. The molecule has 4 atom stereocenters. The van der Waals surface area contributed by atoms with Crippen LogP contribution in [-0.4, -0.2) is 86.1 Å². The smallest absolute Gasteiger partial charge is 0.240 e. The van der Waals surface area contributed by atoms with E-state index < -0.39 is 0 Å². The number of carbonyl (C=O) groups is 2. The Labute approximate surface area is 240 Å². The number of rotatable bonds is 10. The molecule has 2 saturated heterocycles. The van der Waals surface area contributed by atoms with Gasteiger partial charge < -0.3 is 20.9 Å². The SMILES string of the molecule is CNC(=O)[C@@H]1C[C@H](N(C)C(=O)[C@@H](Cc2ccc(Cl)cc2)NC[C@H]2CCCN2)CN1CC(C)C.Cl.Cl.Cl. The van der Waals surface area contributed by atoms with Gasteiger partial charge in [0, 0.05) is 50.8 Å². The third-order valence-electron chi connectivity index (χ3n) is 6.85. The van der Waals surface area contributed by atoms with Crippen molar-refractivity contribution in [1.29, 1.82) is 0 Å². The summed E-state index contributed by atoms with van der Waals surface area (Å²) < 4.78 is 0. The van der Waals surface area contributed by atoms with E-state index >= 15 is 0 Å². The number of amides is 2. The van der Waals surface area contributed by atoms with Crippen molar-refractivity contribution in [2.45, 2.75) is 63.7 Å². The van der Waals surface area contributed by atoms with Crippen molar-refractivity contribution in [3.05, 3.63) is 34.9 Å². The predicted molar refractivity (Wildman–Crippen MR) is 155 cm³/mol. The maximum atomic E-state index is 13.7. The van der Waals surface area contributed by atoms with E-state index in [4.69, 9.17) is 11.6 Å². The van der Waals surface area contributed by atoms with Crippen molar-refractivity contribution < 1.29 is 9.59 Å². The van der Waals surface area contributed by atoms with E-state index in [2.05, 4.69) is 34.7 Å². The average Bonchev–Trinajstić information content (AvgIpc) is 3.46. The number of hydrogen-bond donors (Lipinski definition) is 3. The van der Waals surface area contributed by atoms with E-state index in [9.17, 15) is 9.59 Å². The quantitative estimate of drug-likeness (QED) is 0.393.